The van der Waals surface area contributed by atoms with Gasteiger partial charge in [-0.15, -0.1) is 0 Å². The number of hydrogen-bond acceptors (Lipinski definition) is 2. The Bertz CT molecular complexity index is 833. The Morgan fingerprint density at radius 3 is 2.58 bits per heavy atom. The van der Waals surface area contributed by atoms with Crippen molar-refractivity contribution in [2.75, 3.05) is 5.32 Å². The molecule has 0 atom stereocenters. The molecule has 0 aliphatic heterocycles. The van der Waals surface area contributed by atoms with Crippen LogP contribution >= 0.6 is 0 Å². The average Bonchev–Trinajstić information content (AvgIpc) is 3.11. The molecule has 0 aliphatic carbocycles. The van der Waals surface area contributed by atoms with Crippen molar-refractivity contribution < 1.29 is 0 Å². The van der Waals surface area contributed by atoms with Crippen LogP contribution in [-0.4, -0.2) is 15.7 Å². The molecule has 0 bridgehead atoms. The maximum atomic E-state index is 5.97. The van der Waals surface area contributed by atoms with Gasteiger partial charge >= 0.3 is 0 Å². The Labute approximate surface area is 141 Å². The van der Waals surface area contributed by atoms with E-state index in [0.717, 1.165) is 16.9 Å². The number of guanidine groups is 1. The summed E-state index contributed by atoms with van der Waals surface area (Å²) in [7, 11) is 0. The van der Waals surface area contributed by atoms with Crippen molar-refractivity contribution in [3.05, 3.63) is 77.6 Å². The minimum atomic E-state index is 0.411. The van der Waals surface area contributed by atoms with Crippen molar-refractivity contribution >= 4 is 11.6 Å². The average molecular weight is 319 g/mol. The Kier molecular flexibility index (Phi) is 4.61. The van der Waals surface area contributed by atoms with Gasteiger partial charge < -0.3 is 11.1 Å². The molecule has 24 heavy (non-hydrogen) atoms. The summed E-state index contributed by atoms with van der Waals surface area (Å²) in [4.78, 5) is 4.40. The molecule has 0 fully saturated rings. The minimum Gasteiger partial charge on any atom is -0.370 e. The van der Waals surface area contributed by atoms with Crippen molar-refractivity contribution in [3.8, 4) is 5.69 Å². The zero-order valence-corrected chi connectivity index (χ0v) is 13.9. The smallest absolute Gasteiger partial charge is 0.193 e. The van der Waals surface area contributed by atoms with Crippen molar-refractivity contribution in [1.82, 2.24) is 9.78 Å². The number of anilines is 1. The van der Waals surface area contributed by atoms with E-state index >= 15 is 0 Å². The largest absolute Gasteiger partial charge is 0.370 e. The summed E-state index contributed by atoms with van der Waals surface area (Å²) in [6.07, 6.45) is 3.68. The monoisotopic (exact) mass is 319 g/mol. The highest BCUT2D eigenvalue weighted by Gasteiger charge is 1.99. The summed E-state index contributed by atoms with van der Waals surface area (Å²) < 4.78 is 1.82. The molecule has 3 N–H and O–H groups in total. The van der Waals surface area contributed by atoms with Crippen molar-refractivity contribution in [2.45, 2.75) is 20.4 Å². The van der Waals surface area contributed by atoms with Crippen LogP contribution in [-0.2, 0) is 6.54 Å². The van der Waals surface area contributed by atoms with E-state index < -0.39 is 0 Å². The second-order valence-electron chi connectivity index (χ2n) is 5.74. The van der Waals surface area contributed by atoms with Gasteiger partial charge in [-0.2, -0.15) is 5.10 Å². The lowest BCUT2D eigenvalue weighted by molar-refractivity contribution is 0.878. The standard InChI is InChI=1S/C19H21N5/c1-14-4-7-17(12-15(14)2)23-19(20)21-13-16-5-8-18(9-6-16)24-11-3-10-22-24/h3-12H,13H2,1-2H3,(H3,20,21,23). The number of benzene rings is 2. The number of aliphatic imine (C=N–C) groups is 1. The first-order chi connectivity index (χ1) is 11.6. The fraction of sp³-hybridized carbons (Fsp3) is 0.158. The number of nitrogens with two attached hydrogens (primary N) is 1. The first-order valence-electron chi connectivity index (χ1n) is 7.85. The Balaban J connectivity index is 1.63. The summed E-state index contributed by atoms with van der Waals surface area (Å²) in [6.45, 7) is 4.70. The Morgan fingerprint density at radius 1 is 1.12 bits per heavy atom. The molecule has 1 aromatic heterocycles. The molecule has 0 radical (unpaired) electrons. The third-order valence-corrected chi connectivity index (χ3v) is 3.92. The van der Waals surface area contributed by atoms with Gasteiger partial charge in [0.25, 0.3) is 0 Å². The molecule has 2 aromatic carbocycles. The molecule has 0 aliphatic rings. The van der Waals surface area contributed by atoms with Crippen molar-refractivity contribution in [2.24, 2.45) is 10.7 Å². The van der Waals surface area contributed by atoms with Crippen molar-refractivity contribution in [1.29, 1.82) is 0 Å². The normalized spacial score (nSPS) is 11.5. The van der Waals surface area contributed by atoms with Crippen LogP contribution in [0.15, 0.2) is 65.9 Å². The van der Waals surface area contributed by atoms with Crippen LogP contribution in [0.25, 0.3) is 5.69 Å². The van der Waals surface area contributed by atoms with Gasteiger partial charge in [-0.25, -0.2) is 9.67 Å². The quantitative estimate of drug-likeness (QED) is 0.572. The fourth-order valence-electron chi connectivity index (χ4n) is 2.36. The van der Waals surface area contributed by atoms with E-state index in [4.69, 9.17) is 5.73 Å². The molecule has 0 amide bonds. The van der Waals surface area contributed by atoms with Gasteiger partial charge in [0.05, 0.1) is 12.2 Å². The highest BCUT2D eigenvalue weighted by Crippen LogP contribution is 2.14. The molecular formula is C19H21N5. The summed E-state index contributed by atoms with van der Waals surface area (Å²) in [5, 5.41) is 7.34. The molecule has 1 heterocycles. The van der Waals surface area contributed by atoms with Crippen LogP contribution in [0, 0.1) is 13.8 Å². The van der Waals surface area contributed by atoms with Crippen LogP contribution in [0.1, 0.15) is 16.7 Å². The van der Waals surface area contributed by atoms with Gasteiger partial charge in [0.1, 0.15) is 0 Å². The Morgan fingerprint density at radius 2 is 1.92 bits per heavy atom. The minimum absolute atomic E-state index is 0.411. The number of aryl methyl sites for hydroxylation is 2. The van der Waals surface area contributed by atoms with E-state index in [1.165, 1.54) is 11.1 Å². The predicted molar refractivity (Wildman–Crippen MR) is 98.4 cm³/mol. The molecule has 5 nitrogen and oxygen atoms in total. The molecule has 122 valence electrons. The zero-order chi connectivity index (χ0) is 16.9. The van der Waals surface area contributed by atoms with Gasteiger partial charge in [0, 0.05) is 18.1 Å². The second-order valence-corrected chi connectivity index (χ2v) is 5.74. The topological polar surface area (TPSA) is 68.2 Å². The lowest BCUT2D eigenvalue weighted by atomic mass is 10.1. The van der Waals surface area contributed by atoms with Crippen LogP contribution in [0.2, 0.25) is 0 Å². The van der Waals surface area contributed by atoms with Gasteiger partial charge in [-0.05, 0) is 60.9 Å². The fourth-order valence-corrected chi connectivity index (χ4v) is 2.36. The molecule has 0 unspecified atom stereocenters. The number of nitrogens with zero attached hydrogens (tertiary/aromatic N) is 3. The molecular weight excluding hydrogens is 298 g/mol. The third kappa shape index (κ3) is 3.81. The zero-order valence-electron chi connectivity index (χ0n) is 13.9. The van der Waals surface area contributed by atoms with E-state index in [-0.39, 0.29) is 0 Å². The third-order valence-electron chi connectivity index (χ3n) is 3.92. The van der Waals surface area contributed by atoms with E-state index in [2.05, 4.69) is 41.4 Å². The first kappa shape index (κ1) is 15.8. The van der Waals surface area contributed by atoms with E-state index in [0.29, 0.717) is 12.5 Å². The highest BCUT2D eigenvalue weighted by atomic mass is 15.3. The summed E-state index contributed by atoms with van der Waals surface area (Å²) in [5.41, 5.74) is 11.5. The molecule has 3 rings (SSSR count). The summed E-state index contributed by atoms with van der Waals surface area (Å²) in [5.74, 6) is 0.411. The molecule has 5 heteroatoms. The number of nitrogens with one attached hydrogen (secondary N) is 1. The SMILES string of the molecule is Cc1ccc(NC(N)=NCc2ccc(-n3cccn3)cc2)cc1C. The van der Waals surface area contributed by atoms with Gasteiger partial charge in [-0.1, -0.05) is 18.2 Å². The maximum absolute atomic E-state index is 5.97. The molecule has 0 spiro atoms. The molecule has 0 saturated heterocycles. The number of hydrogen-bond donors (Lipinski definition) is 2. The lowest BCUT2D eigenvalue weighted by Crippen LogP contribution is -2.22. The molecule has 3 aromatic rings. The van der Waals surface area contributed by atoms with Crippen LogP contribution < -0.4 is 11.1 Å². The van der Waals surface area contributed by atoms with Crippen LogP contribution in [0.4, 0.5) is 5.69 Å². The van der Waals surface area contributed by atoms with E-state index in [1.54, 1.807) is 6.20 Å². The maximum Gasteiger partial charge on any atom is 0.193 e. The Hall–Kier alpha value is -3.08. The second kappa shape index (κ2) is 7.00. The van der Waals surface area contributed by atoms with Crippen LogP contribution in [0.5, 0.6) is 0 Å². The number of aromatic nitrogens is 2. The predicted octanol–water partition coefficient (Wildman–Crippen LogP) is 3.42. The first-order valence-corrected chi connectivity index (χ1v) is 7.85. The summed E-state index contributed by atoms with van der Waals surface area (Å²) in [6, 6.07) is 16.1. The highest BCUT2D eigenvalue weighted by molar-refractivity contribution is 5.92. The number of rotatable bonds is 4. The van der Waals surface area contributed by atoms with E-state index in [9.17, 15) is 0 Å². The summed E-state index contributed by atoms with van der Waals surface area (Å²) >= 11 is 0. The molecule has 0 saturated carbocycles. The van der Waals surface area contributed by atoms with Crippen molar-refractivity contribution in [3.63, 3.8) is 0 Å². The van der Waals surface area contributed by atoms with Crippen LogP contribution in [0.3, 0.4) is 0 Å². The van der Waals surface area contributed by atoms with Gasteiger partial charge in [-0.3, -0.25) is 0 Å². The van der Waals surface area contributed by atoms with Gasteiger partial charge in [0.15, 0.2) is 5.96 Å². The van der Waals surface area contributed by atoms with Gasteiger partial charge in [0.2, 0.25) is 0 Å². The lowest BCUT2D eigenvalue weighted by Gasteiger charge is -2.08. The van der Waals surface area contributed by atoms with E-state index in [1.807, 2.05) is 47.3 Å².